The monoisotopic (exact) mass is 370 g/mol. The predicted molar refractivity (Wildman–Crippen MR) is 101 cm³/mol. The van der Waals surface area contributed by atoms with E-state index >= 15 is 0 Å². The van der Waals surface area contributed by atoms with Gasteiger partial charge in [0.05, 0.1) is 19.6 Å². The standard InChI is InChI=1S/C21H23FN2O3/c22-17-3-1-2-16(14-17)15-20(25)23-18-4-6-19(7-5-18)24-10-8-21(9-11-24)26-12-13-27-21/h1-7,14H,8-13,15H2,(H,23,25). The highest BCUT2D eigenvalue weighted by Gasteiger charge is 2.39. The van der Waals surface area contributed by atoms with Crippen LogP contribution in [0, 0.1) is 5.82 Å². The molecule has 27 heavy (non-hydrogen) atoms. The van der Waals surface area contributed by atoms with Crippen molar-refractivity contribution in [2.45, 2.75) is 25.0 Å². The fourth-order valence-electron chi connectivity index (χ4n) is 3.68. The number of nitrogens with one attached hydrogen (secondary N) is 1. The molecule has 0 aromatic heterocycles. The second-order valence-electron chi connectivity index (χ2n) is 7.00. The molecule has 0 bridgehead atoms. The second-order valence-corrected chi connectivity index (χ2v) is 7.00. The van der Waals surface area contributed by atoms with E-state index in [0.29, 0.717) is 18.8 Å². The summed E-state index contributed by atoms with van der Waals surface area (Å²) in [4.78, 5) is 14.5. The summed E-state index contributed by atoms with van der Waals surface area (Å²) in [5, 5.41) is 2.86. The largest absolute Gasteiger partial charge is 0.371 e. The van der Waals surface area contributed by atoms with Gasteiger partial charge in [-0.15, -0.1) is 0 Å². The average Bonchev–Trinajstić information content (AvgIpc) is 3.11. The predicted octanol–water partition coefficient (Wildman–Crippen LogP) is 3.35. The third-order valence-electron chi connectivity index (χ3n) is 5.11. The quantitative estimate of drug-likeness (QED) is 0.897. The van der Waals surface area contributed by atoms with Crippen LogP contribution in [0.4, 0.5) is 15.8 Å². The molecule has 2 aromatic carbocycles. The maximum atomic E-state index is 13.2. The van der Waals surface area contributed by atoms with E-state index in [0.717, 1.165) is 37.3 Å². The van der Waals surface area contributed by atoms with Crippen molar-refractivity contribution in [2.24, 2.45) is 0 Å². The van der Waals surface area contributed by atoms with Gasteiger partial charge < -0.3 is 19.7 Å². The van der Waals surface area contributed by atoms with E-state index in [4.69, 9.17) is 9.47 Å². The van der Waals surface area contributed by atoms with Crippen LogP contribution in [-0.4, -0.2) is 38.0 Å². The number of hydrogen-bond donors (Lipinski definition) is 1. The van der Waals surface area contributed by atoms with Crippen molar-refractivity contribution in [1.82, 2.24) is 0 Å². The lowest BCUT2D eigenvalue weighted by atomic mass is 10.0. The third kappa shape index (κ3) is 4.28. The Kier molecular flexibility index (Phi) is 5.09. The van der Waals surface area contributed by atoms with E-state index in [9.17, 15) is 9.18 Å². The first kappa shape index (κ1) is 17.9. The van der Waals surface area contributed by atoms with Gasteiger partial charge in [-0.25, -0.2) is 4.39 Å². The Morgan fingerprint density at radius 3 is 2.44 bits per heavy atom. The molecule has 1 N–H and O–H groups in total. The van der Waals surface area contributed by atoms with Gasteiger partial charge in [-0.3, -0.25) is 4.79 Å². The van der Waals surface area contributed by atoms with Gasteiger partial charge in [0.15, 0.2) is 5.79 Å². The molecule has 0 radical (unpaired) electrons. The Morgan fingerprint density at radius 2 is 1.78 bits per heavy atom. The lowest BCUT2D eigenvalue weighted by molar-refractivity contribution is -0.169. The van der Waals surface area contributed by atoms with Crippen molar-refractivity contribution >= 4 is 17.3 Å². The van der Waals surface area contributed by atoms with Crippen molar-refractivity contribution in [3.05, 3.63) is 59.9 Å². The number of ether oxygens (including phenoxy) is 2. The van der Waals surface area contributed by atoms with E-state index in [1.54, 1.807) is 12.1 Å². The number of halogens is 1. The van der Waals surface area contributed by atoms with Crippen molar-refractivity contribution in [3.63, 3.8) is 0 Å². The third-order valence-corrected chi connectivity index (χ3v) is 5.11. The zero-order chi connectivity index (χ0) is 18.7. The molecule has 0 atom stereocenters. The van der Waals surface area contributed by atoms with Crippen LogP contribution in [0.15, 0.2) is 48.5 Å². The summed E-state index contributed by atoms with van der Waals surface area (Å²) in [6, 6.07) is 13.9. The molecule has 142 valence electrons. The van der Waals surface area contributed by atoms with Crippen molar-refractivity contribution in [3.8, 4) is 0 Å². The molecule has 2 aromatic rings. The fraction of sp³-hybridized carbons (Fsp3) is 0.381. The molecular weight excluding hydrogens is 347 g/mol. The minimum atomic E-state index is -0.374. The summed E-state index contributed by atoms with van der Waals surface area (Å²) in [5.74, 6) is -0.869. The van der Waals surface area contributed by atoms with Crippen LogP contribution in [0.1, 0.15) is 18.4 Å². The van der Waals surface area contributed by atoms with Gasteiger partial charge in [-0.1, -0.05) is 12.1 Å². The Labute approximate surface area is 158 Å². The van der Waals surface area contributed by atoms with Crippen LogP contribution >= 0.6 is 0 Å². The molecule has 6 heteroatoms. The molecule has 2 saturated heterocycles. The smallest absolute Gasteiger partial charge is 0.228 e. The lowest BCUT2D eigenvalue weighted by Crippen LogP contribution is -2.45. The minimum Gasteiger partial charge on any atom is -0.371 e. The summed E-state index contributed by atoms with van der Waals surface area (Å²) in [7, 11) is 0. The highest BCUT2D eigenvalue weighted by molar-refractivity contribution is 5.92. The second kappa shape index (κ2) is 7.66. The molecule has 2 heterocycles. The zero-order valence-electron chi connectivity index (χ0n) is 15.1. The van der Waals surface area contributed by atoms with Crippen molar-refractivity contribution in [2.75, 3.05) is 36.5 Å². The van der Waals surface area contributed by atoms with Gasteiger partial charge in [-0.2, -0.15) is 0 Å². The minimum absolute atomic E-state index is 0.147. The maximum absolute atomic E-state index is 13.2. The first-order valence-electron chi connectivity index (χ1n) is 9.29. The molecule has 5 nitrogen and oxygen atoms in total. The Morgan fingerprint density at radius 1 is 1.07 bits per heavy atom. The SMILES string of the molecule is O=C(Cc1cccc(F)c1)Nc1ccc(N2CCC3(CC2)OCCO3)cc1. The van der Waals surface area contributed by atoms with E-state index in [1.807, 2.05) is 24.3 Å². The van der Waals surface area contributed by atoms with Crippen LogP contribution in [0.25, 0.3) is 0 Å². The number of rotatable bonds is 4. The topological polar surface area (TPSA) is 50.8 Å². The molecule has 0 saturated carbocycles. The Bertz CT molecular complexity index is 793. The van der Waals surface area contributed by atoms with Crippen LogP contribution < -0.4 is 10.2 Å². The number of piperidine rings is 1. The molecule has 4 rings (SSSR count). The molecule has 0 unspecified atom stereocenters. The van der Waals surface area contributed by atoms with E-state index in [1.165, 1.54) is 12.1 Å². The summed E-state index contributed by atoms with van der Waals surface area (Å²) in [6.07, 6.45) is 1.87. The molecule has 1 spiro atoms. The summed E-state index contributed by atoms with van der Waals surface area (Å²) in [5.41, 5.74) is 2.50. The Hall–Kier alpha value is -2.44. The molecule has 2 aliphatic heterocycles. The van der Waals surface area contributed by atoms with E-state index in [2.05, 4.69) is 10.2 Å². The van der Waals surface area contributed by atoms with Crippen molar-refractivity contribution < 1.29 is 18.7 Å². The van der Waals surface area contributed by atoms with Gasteiger partial charge in [-0.05, 0) is 42.0 Å². The lowest BCUT2D eigenvalue weighted by Gasteiger charge is -2.38. The van der Waals surface area contributed by atoms with Gasteiger partial charge >= 0.3 is 0 Å². The van der Waals surface area contributed by atoms with Crippen LogP contribution in [0.3, 0.4) is 0 Å². The van der Waals surface area contributed by atoms with Crippen LogP contribution in [0.2, 0.25) is 0 Å². The van der Waals surface area contributed by atoms with Gasteiger partial charge in [0.1, 0.15) is 5.82 Å². The fourth-order valence-corrected chi connectivity index (χ4v) is 3.68. The van der Waals surface area contributed by atoms with Gasteiger partial charge in [0.2, 0.25) is 5.91 Å². The Balaban J connectivity index is 1.32. The first-order chi connectivity index (χ1) is 13.1. The molecule has 2 fully saturated rings. The molecule has 2 aliphatic rings. The summed E-state index contributed by atoms with van der Waals surface area (Å²) >= 11 is 0. The van der Waals surface area contributed by atoms with E-state index < -0.39 is 0 Å². The summed E-state index contributed by atoms with van der Waals surface area (Å²) in [6.45, 7) is 3.13. The van der Waals surface area contributed by atoms with Gasteiger partial charge in [0.25, 0.3) is 0 Å². The number of amides is 1. The average molecular weight is 370 g/mol. The number of carbonyl (C=O) groups excluding carboxylic acids is 1. The molecule has 0 aliphatic carbocycles. The molecule has 1 amide bonds. The number of benzene rings is 2. The maximum Gasteiger partial charge on any atom is 0.228 e. The van der Waals surface area contributed by atoms with Crippen molar-refractivity contribution in [1.29, 1.82) is 0 Å². The van der Waals surface area contributed by atoms with Crippen LogP contribution in [0.5, 0.6) is 0 Å². The number of anilines is 2. The normalized spacial score (nSPS) is 18.6. The zero-order valence-corrected chi connectivity index (χ0v) is 15.1. The summed E-state index contributed by atoms with van der Waals surface area (Å²) < 4.78 is 24.7. The highest BCUT2D eigenvalue weighted by Crippen LogP contribution is 2.33. The number of carbonyl (C=O) groups is 1. The highest BCUT2D eigenvalue weighted by atomic mass is 19.1. The molecular formula is C21H23FN2O3. The van der Waals surface area contributed by atoms with Gasteiger partial charge in [0, 0.05) is 37.3 Å². The first-order valence-corrected chi connectivity index (χ1v) is 9.29. The number of nitrogens with zero attached hydrogens (tertiary/aromatic N) is 1. The number of hydrogen-bond acceptors (Lipinski definition) is 4. The van der Waals surface area contributed by atoms with Crippen LogP contribution in [-0.2, 0) is 20.7 Å². The van der Waals surface area contributed by atoms with E-state index in [-0.39, 0.29) is 23.9 Å².